The summed E-state index contributed by atoms with van der Waals surface area (Å²) in [4.78, 5) is 0. The van der Waals surface area contributed by atoms with Crippen molar-refractivity contribution in [1.82, 2.24) is 0 Å². The Labute approximate surface area is 106 Å². The Morgan fingerprint density at radius 2 is 1.56 bits per heavy atom. The molecule has 1 aromatic rings. The van der Waals surface area contributed by atoms with Crippen LogP contribution >= 0.6 is 12.6 Å². The second-order valence-electron chi connectivity index (χ2n) is 4.48. The summed E-state index contributed by atoms with van der Waals surface area (Å²) in [5.74, 6) is 0. The van der Waals surface area contributed by atoms with Crippen LogP contribution in [0.5, 0.6) is 0 Å². The van der Waals surface area contributed by atoms with E-state index >= 15 is 0 Å². The van der Waals surface area contributed by atoms with Crippen LogP contribution in [0.1, 0.15) is 62.7 Å². The van der Waals surface area contributed by atoms with Crippen molar-refractivity contribution in [3.05, 3.63) is 35.9 Å². The molecule has 1 rings (SSSR count). The van der Waals surface area contributed by atoms with E-state index in [2.05, 4.69) is 49.9 Å². The average Bonchev–Trinajstić information content (AvgIpc) is 2.34. The maximum atomic E-state index is 4.66. The Morgan fingerprint density at radius 3 is 2.25 bits per heavy atom. The van der Waals surface area contributed by atoms with E-state index in [1.807, 2.05) is 0 Å². The Bertz CT molecular complexity index is 255. The molecular formula is C15H24S. The highest BCUT2D eigenvalue weighted by Crippen LogP contribution is 2.25. The molecule has 0 aliphatic heterocycles. The molecule has 0 aromatic heterocycles. The minimum atomic E-state index is 0.423. The van der Waals surface area contributed by atoms with E-state index < -0.39 is 0 Å². The van der Waals surface area contributed by atoms with Gasteiger partial charge in [0.1, 0.15) is 0 Å². The van der Waals surface area contributed by atoms with Crippen LogP contribution in [0, 0.1) is 0 Å². The summed E-state index contributed by atoms with van der Waals surface area (Å²) in [5, 5.41) is 0.423. The van der Waals surface area contributed by atoms with Gasteiger partial charge in [-0.1, -0.05) is 75.8 Å². The first kappa shape index (κ1) is 13.6. The Hall–Kier alpha value is -0.430. The molecule has 0 saturated heterocycles. The zero-order valence-corrected chi connectivity index (χ0v) is 11.3. The third-order valence-corrected chi connectivity index (χ3v) is 3.57. The maximum absolute atomic E-state index is 4.66. The Balaban J connectivity index is 2.09. The molecule has 0 N–H and O–H groups in total. The largest absolute Gasteiger partial charge is 0.171 e. The van der Waals surface area contributed by atoms with Crippen molar-refractivity contribution in [3.8, 4) is 0 Å². The van der Waals surface area contributed by atoms with Gasteiger partial charge >= 0.3 is 0 Å². The molecule has 0 amide bonds. The van der Waals surface area contributed by atoms with Gasteiger partial charge in [-0.3, -0.25) is 0 Å². The lowest BCUT2D eigenvalue weighted by Crippen LogP contribution is -1.90. The minimum absolute atomic E-state index is 0.423. The lowest BCUT2D eigenvalue weighted by Gasteiger charge is -2.10. The Morgan fingerprint density at radius 1 is 0.938 bits per heavy atom. The number of hydrogen-bond donors (Lipinski definition) is 1. The normalized spacial score (nSPS) is 12.6. The Kier molecular flexibility index (Phi) is 7.41. The molecule has 0 aliphatic carbocycles. The average molecular weight is 236 g/mol. The van der Waals surface area contributed by atoms with Gasteiger partial charge in [0.2, 0.25) is 0 Å². The molecule has 1 atom stereocenters. The van der Waals surface area contributed by atoms with Gasteiger partial charge in [-0.25, -0.2) is 0 Å². The van der Waals surface area contributed by atoms with E-state index in [0.29, 0.717) is 5.25 Å². The predicted molar refractivity (Wildman–Crippen MR) is 76.2 cm³/mol. The molecule has 16 heavy (non-hydrogen) atoms. The van der Waals surface area contributed by atoms with Crippen LogP contribution < -0.4 is 0 Å². The standard InChI is InChI=1S/C15H24S/c1-2-3-4-5-6-10-13-15(16)14-11-8-7-9-12-14/h7-9,11-12,15-16H,2-6,10,13H2,1H3. The lowest BCUT2D eigenvalue weighted by molar-refractivity contribution is 0.587. The van der Waals surface area contributed by atoms with Gasteiger partial charge in [-0.15, -0.1) is 0 Å². The van der Waals surface area contributed by atoms with Gasteiger partial charge in [0.15, 0.2) is 0 Å². The summed E-state index contributed by atoms with van der Waals surface area (Å²) < 4.78 is 0. The van der Waals surface area contributed by atoms with E-state index in [4.69, 9.17) is 0 Å². The topological polar surface area (TPSA) is 0 Å². The van der Waals surface area contributed by atoms with Gasteiger partial charge in [0.05, 0.1) is 0 Å². The van der Waals surface area contributed by atoms with Crippen LogP contribution in [-0.4, -0.2) is 0 Å². The second kappa shape index (κ2) is 8.69. The molecule has 90 valence electrons. The summed E-state index contributed by atoms with van der Waals surface area (Å²) in [7, 11) is 0. The first-order valence-electron chi connectivity index (χ1n) is 6.57. The molecule has 0 bridgehead atoms. The summed E-state index contributed by atoms with van der Waals surface area (Å²) in [6.45, 7) is 2.26. The van der Waals surface area contributed by atoms with E-state index in [1.54, 1.807) is 0 Å². The van der Waals surface area contributed by atoms with Crippen LogP contribution in [0.3, 0.4) is 0 Å². The summed E-state index contributed by atoms with van der Waals surface area (Å²) in [5.41, 5.74) is 1.36. The van der Waals surface area contributed by atoms with Crippen LogP contribution in [-0.2, 0) is 0 Å². The molecule has 0 fully saturated rings. The first-order chi connectivity index (χ1) is 7.84. The third kappa shape index (κ3) is 5.60. The number of unbranched alkanes of at least 4 members (excludes halogenated alkanes) is 5. The molecule has 0 radical (unpaired) electrons. The summed E-state index contributed by atoms with van der Waals surface area (Å²) in [6.07, 6.45) is 9.40. The molecule has 0 spiro atoms. The van der Waals surface area contributed by atoms with E-state index in [-0.39, 0.29) is 0 Å². The summed E-state index contributed by atoms with van der Waals surface area (Å²) in [6, 6.07) is 10.6. The third-order valence-electron chi connectivity index (χ3n) is 3.02. The van der Waals surface area contributed by atoms with E-state index in [9.17, 15) is 0 Å². The SMILES string of the molecule is CCCCCCCCC(S)c1ccccc1. The van der Waals surface area contributed by atoms with Gasteiger partial charge in [-0.05, 0) is 12.0 Å². The van der Waals surface area contributed by atoms with Gasteiger partial charge < -0.3 is 0 Å². The van der Waals surface area contributed by atoms with Gasteiger partial charge in [-0.2, -0.15) is 12.6 Å². The lowest BCUT2D eigenvalue weighted by atomic mass is 10.0. The molecule has 0 saturated carbocycles. The fraction of sp³-hybridized carbons (Fsp3) is 0.600. The van der Waals surface area contributed by atoms with Crippen molar-refractivity contribution in [2.75, 3.05) is 0 Å². The molecule has 1 heteroatoms. The van der Waals surface area contributed by atoms with Crippen molar-refractivity contribution in [1.29, 1.82) is 0 Å². The number of rotatable bonds is 8. The van der Waals surface area contributed by atoms with Gasteiger partial charge in [0, 0.05) is 5.25 Å². The molecular weight excluding hydrogens is 212 g/mol. The predicted octanol–water partition coefficient (Wildman–Crippen LogP) is 5.41. The van der Waals surface area contributed by atoms with Crippen LogP contribution in [0.25, 0.3) is 0 Å². The number of hydrogen-bond acceptors (Lipinski definition) is 1. The van der Waals surface area contributed by atoms with Crippen molar-refractivity contribution in [2.45, 2.75) is 57.1 Å². The fourth-order valence-electron chi connectivity index (χ4n) is 1.96. The van der Waals surface area contributed by atoms with Crippen LogP contribution in [0.4, 0.5) is 0 Å². The van der Waals surface area contributed by atoms with Crippen LogP contribution in [0.2, 0.25) is 0 Å². The smallest absolute Gasteiger partial charge is 0.0267 e. The van der Waals surface area contributed by atoms with Crippen molar-refractivity contribution >= 4 is 12.6 Å². The van der Waals surface area contributed by atoms with Gasteiger partial charge in [0.25, 0.3) is 0 Å². The van der Waals surface area contributed by atoms with Crippen molar-refractivity contribution < 1.29 is 0 Å². The maximum Gasteiger partial charge on any atom is 0.0267 e. The highest BCUT2D eigenvalue weighted by molar-refractivity contribution is 7.80. The number of benzene rings is 1. The monoisotopic (exact) mass is 236 g/mol. The molecule has 0 heterocycles. The highest BCUT2D eigenvalue weighted by Gasteiger charge is 2.04. The van der Waals surface area contributed by atoms with Crippen molar-refractivity contribution in [2.24, 2.45) is 0 Å². The summed E-state index contributed by atoms with van der Waals surface area (Å²) >= 11 is 4.66. The van der Waals surface area contributed by atoms with E-state index in [1.165, 1.54) is 50.5 Å². The zero-order chi connectivity index (χ0) is 11.6. The number of thiol groups is 1. The minimum Gasteiger partial charge on any atom is -0.171 e. The second-order valence-corrected chi connectivity index (χ2v) is 5.11. The van der Waals surface area contributed by atoms with E-state index in [0.717, 1.165) is 0 Å². The first-order valence-corrected chi connectivity index (χ1v) is 7.09. The fourth-order valence-corrected chi connectivity index (χ4v) is 2.31. The molecule has 0 aliphatic rings. The zero-order valence-electron chi connectivity index (χ0n) is 10.4. The highest BCUT2D eigenvalue weighted by atomic mass is 32.1. The molecule has 0 nitrogen and oxygen atoms in total. The quantitative estimate of drug-likeness (QED) is 0.453. The van der Waals surface area contributed by atoms with Crippen molar-refractivity contribution in [3.63, 3.8) is 0 Å². The molecule has 1 aromatic carbocycles. The molecule has 1 unspecified atom stereocenters. The van der Waals surface area contributed by atoms with Crippen LogP contribution in [0.15, 0.2) is 30.3 Å².